The van der Waals surface area contributed by atoms with Crippen LogP contribution in [-0.2, 0) is 12.8 Å². The Morgan fingerprint density at radius 1 is 1.27 bits per heavy atom. The monoisotopic (exact) mass is 316 g/mol. The number of rotatable bonds is 5. The zero-order chi connectivity index (χ0) is 15.4. The molecule has 3 heterocycles. The third-order valence-corrected chi connectivity index (χ3v) is 5.05. The molecular weight excluding hydrogens is 292 g/mol. The van der Waals surface area contributed by atoms with Gasteiger partial charge in [0.15, 0.2) is 0 Å². The van der Waals surface area contributed by atoms with Gasteiger partial charge in [-0.05, 0) is 44.2 Å². The van der Waals surface area contributed by atoms with E-state index in [1.807, 2.05) is 12.4 Å². The van der Waals surface area contributed by atoms with Crippen LogP contribution in [0, 0.1) is 11.8 Å². The van der Waals surface area contributed by atoms with Gasteiger partial charge in [-0.3, -0.25) is 9.97 Å². The van der Waals surface area contributed by atoms with Crippen molar-refractivity contribution >= 4 is 11.3 Å². The van der Waals surface area contributed by atoms with Crippen molar-refractivity contribution < 1.29 is 0 Å². The van der Waals surface area contributed by atoms with Crippen molar-refractivity contribution in [2.75, 3.05) is 13.1 Å². The topological polar surface area (TPSA) is 50.7 Å². The molecule has 0 amide bonds. The smallest absolute Gasteiger partial charge is 0.103 e. The summed E-state index contributed by atoms with van der Waals surface area (Å²) in [5.74, 6) is 1.31. The predicted octanol–water partition coefficient (Wildman–Crippen LogP) is 3.34. The van der Waals surface area contributed by atoms with Crippen LogP contribution in [0.5, 0.6) is 0 Å². The molecule has 0 bridgehead atoms. The highest BCUT2D eigenvalue weighted by Crippen LogP contribution is 2.29. The Morgan fingerprint density at radius 3 is 2.91 bits per heavy atom. The van der Waals surface area contributed by atoms with Crippen LogP contribution >= 0.6 is 11.3 Å². The molecule has 22 heavy (non-hydrogen) atoms. The Labute approximate surface area is 136 Å². The van der Waals surface area contributed by atoms with E-state index in [0.717, 1.165) is 42.2 Å². The summed E-state index contributed by atoms with van der Waals surface area (Å²) in [7, 11) is 0. The first-order valence-electron chi connectivity index (χ1n) is 8.18. The number of piperidine rings is 1. The molecule has 0 aliphatic carbocycles. The summed E-state index contributed by atoms with van der Waals surface area (Å²) in [6, 6.07) is 0. The number of hydrogen-bond acceptors (Lipinski definition) is 5. The van der Waals surface area contributed by atoms with E-state index in [-0.39, 0.29) is 0 Å². The van der Waals surface area contributed by atoms with Crippen LogP contribution < -0.4 is 5.32 Å². The molecule has 0 unspecified atom stereocenters. The number of nitrogens with one attached hydrogen (secondary N) is 1. The lowest BCUT2D eigenvalue weighted by molar-refractivity contribution is 0.373. The van der Waals surface area contributed by atoms with Crippen LogP contribution in [0.25, 0.3) is 10.6 Å². The highest BCUT2D eigenvalue weighted by molar-refractivity contribution is 7.15. The summed E-state index contributed by atoms with van der Waals surface area (Å²) in [5, 5.41) is 4.68. The van der Waals surface area contributed by atoms with E-state index in [0.29, 0.717) is 11.8 Å². The van der Waals surface area contributed by atoms with Crippen LogP contribution in [0.4, 0.5) is 0 Å². The van der Waals surface area contributed by atoms with Crippen molar-refractivity contribution in [3.63, 3.8) is 0 Å². The van der Waals surface area contributed by atoms with Gasteiger partial charge >= 0.3 is 0 Å². The van der Waals surface area contributed by atoms with Crippen molar-refractivity contribution in [1.29, 1.82) is 0 Å². The Hall–Kier alpha value is -1.33. The molecule has 3 rings (SSSR count). The van der Waals surface area contributed by atoms with Gasteiger partial charge in [-0.2, -0.15) is 0 Å². The van der Waals surface area contributed by atoms with Crippen molar-refractivity contribution in [2.24, 2.45) is 11.8 Å². The normalized spacial score (nSPS) is 18.8. The number of thiazole rings is 1. The lowest BCUT2D eigenvalue weighted by atomic mass is 9.94. The summed E-state index contributed by atoms with van der Waals surface area (Å²) in [4.78, 5) is 14.9. The number of aromatic nitrogens is 3. The highest BCUT2D eigenvalue weighted by atomic mass is 32.1. The van der Waals surface area contributed by atoms with Crippen molar-refractivity contribution in [2.45, 2.75) is 39.5 Å². The molecule has 118 valence electrons. The lowest BCUT2D eigenvalue weighted by Gasteiger charge is -2.22. The van der Waals surface area contributed by atoms with Gasteiger partial charge < -0.3 is 5.32 Å². The SMILES string of the molecule is CC(C)Cc1ncc(-c2nccnc2C[C@@H]2CCCNC2)s1. The third kappa shape index (κ3) is 3.90. The van der Waals surface area contributed by atoms with Gasteiger partial charge in [-0.1, -0.05) is 13.8 Å². The second kappa shape index (κ2) is 7.29. The Morgan fingerprint density at radius 2 is 2.14 bits per heavy atom. The molecule has 0 radical (unpaired) electrons. The molecule has 2 aromatic rings. The van der Waals surface area contributed by atoms with E-state index in [9.17, 15) is 0 Å². The fraction of sp³-hybridized carbons (Fsp3) is 0.588. The average Bonchev–Trinajstić information content (AvgIpc) is 2.96. The molecule has 5 heteroatoms. The second-order valence-electron chi connectivity index (χ2n) is 6.48. The first kappa shape index (κ1) is 15.6. The van der Waals surface area contributed by atoms with Crippen LogP contribution in [0.2, 0.25) is 0 Å². The van der Waals surface area contributed by atoms with Crippen LogP contribution in [0.3, 0.4) is 0 Å². The summed E-state index contributed by atoms with van der Waals surface area (Å²) >= 11 is 1.76. The molecule has 0 spiro atoms. The minimum absolute atomic E-state index is 0.633. The third-order valence-electron chi connectivity index (χ3n) is 4.02. The first-order valence-corrected chi connectivity index (χ1v) is 8.99. The van der Waals surface area contributed by atoms with E-state index < -0.39 is 0 Å². The van der Waals surface area contributed by atoms with Gasteiger partial charge in [-0.15, -0.1) is 11.3 Å². The fourth-order valence-electron chi connectivity index (χ4n) is 2.96. The van der Waals surface area contributed by atoms with Crippen LogP contribution in [0.1, 0.15) is 37.4 Å². The standard InChI is InChI=1S/C17H24N4S/c1-12(2)8-16-21-11-15(22-16)17-14(19-6-7-20-17)9-13-4-3-5-18-10-13/h6-7,11-13,18H,3-5,8-10H2,1-2H3/t13-/m0/s1. The average molecular weight is 316 g/mol. The molecule has 0 saturated carbocycles. The number of hydrogen-bond donors (Lipinski definition) is 1. The Balaban J connectivity index is 1.79. The fourth-order valence-corrected chi connectivity index (χ4v) is 4.11. The lowest BCUT2D eigenvalue weighted by Crippen LogP contribution is -2.31. The van der Waals surface area contributed by atoms with Gasteiger partial charge in [0.2, 0.25) is 0 Å². The molecule has 1 saturated heterocycles. The summed E-state index contributed by atoms with van der Waals surface area (Å²) < 4.78 is 0. The van der Waals surface area contributed by atoms with Gasteiger partial charge in [-0.25, -0.2) is 4.98 Å². The minimum Gasteiger partial charge on any atom is -0.316 e. The van der Waals surface area contributed by atoms with Crippen LogP contribution in [0.15, 0.2) is 18.6 Å². The van der Waals surface area contributed by atoms with Crippen LogP contribution in [-0.4, -0.2) is 28.0 Å². The van der Waals surface area contributed by atoms with Gasteiger partial charge in [0.25, 0.3) is 0 Å². The molecule has 4 nitrogen and oxygen atoms in total. The molecular formula is C17H24N4S. The maximum absolute atomic E-state index is 4.61. The maximum Gasteiger partial charge on any atom is 0.103 e. The highest BCUT2D eigenvalue weighted by Gasteiger charge is 2.18. The van der Waals surface area contributed by atoms with Crippen molar-refractivity contribution in [3.8, 4) is 10.6 Å². The van der Waals surface area contributed by atoms with E-state index in [2.05, 4.69) is 34.1 Å². The van der Waals surface area contributed by atoms with Gasteiger partial charge in [0.1, 0.15) is 5.69 Å². The summed E-state index contributed by atoms with van der Waals surface area (Å²) in [6.07, 6.45) is 10.2. The first-order chi connectivity index (χ1) is 10.7. The molecule has 0 aromatic carbocycles. The molecule has 1 aliphatic rings. The van der Waals surface area contributed by atoms with Crippen molar-refractivity contribution in [1.82, 2.24) is 20.3 Å². The molecule has 2 aromatic heterocycles. The molecule has 1 aliphatic heterocycles. The zero-order valence-corrected chi connectivity index (χ0v) is 14.2. The summed E-state index contributed by atoms with van der Waals surface area (Å²) in [6.45, 7) is 6.70. The predicted molar refractivity (Wildman–Crippen MR) is 91.0 cm³/mol. The molecule has 1 fully saturated rings. The molecule has 1 N–H and O–H groups in total. The van der Waals surface area contributed by atoms with E-state index in [1.165, 1.54) is 17.8 Å². The second-order valence-corrected chi connectivity index (χ2v) is 7.60. The van der Waals surface area contributed by atoms with E-state index >= 15 is 0 Å². The summed E-state index contributed by atoms with van der Waals surface area (Å²) in [5.41, 5.74) is 2.15. The quantitative estimate of drug-likeness (QED) is 0.919. The number of nitrogens with zero attached hydrogens (tertiary/aromatic N) is 3. The van der Waals surface area contributed by atoms with Gasteiger partial charge in [0, 0.05) is 25.0 Å². The van der Waals surface area contributed by atoms with Gasteiger partial charge in [0.05, 0.1) is 15.6 Å². The molecule has 1 atom stereocenters. The largest absolute Gasteiger partial charge is 0.316 e. The van der Waals surface area contributed by atoms with Crippen molar-refractivity contribution in [3.05, 3.63) is 29.3 Å². The Kier molecular flexibility index (Phi) is 5.16. The maximum atomic E-state index is 4.61. The van der Waals surface area contributed by atoms with E-state index in [1.54, 1.807) is 17.5 Å². The minimum atomic E-state index is 0.633. The zero-order valence-electron chi connectivity index (χ0n) is 13.4. The van der Waals surface area contributed by atoms with E-state index in [4.69, 9.17) is 0 Å². The Bertz CT molecular complexity index is 602.